The number of aromatic nitrogens is 2. The zero-order valence-corrected chi connectivity index (χ0v) is 9.72. The van der Waals surface area contributed by atoms with Crippen LogP contribution < -0.4 is 10.1 Å². The summed E-state index contributed by atoms with van der Waals surface area (Å²) in [6, 6.07) is 5.48. The number of hydrogen-bond donors (Lipinski definition) is 1. The van der Waals surface area contributed by atoms with Crippen molar-refractivity contribution in [2.75, 3.05) is 11.9 Å². The highest BCUT2D eigenvalue weighted by Crippen LogP contribution is 2.10. The van der Waals surface area contributed by atoms with E-state index in [4.69, 9.17) is 9.15 Å². The summed E-state index contributed by atoms with van der Waals surface area (Å²) < 4.78 is 10.6. The molecule has 2 heterocycles. The molecule has 0 aliphatic carbocycles. The molecule has 5 heteroatoms. The summed E-state index contributed by atoms with van der Waals surface area (Å²) in [5.74, 6) is 1.97. The van der Waals surface area contributed by atoms with Gasteiger partial charge in [-0.1, -0.05) is 6.92 Å². The van der Waals surface area contributed by atoms with Crippen LogP contribution in [0.2, 0.25) is 0 Å². The van der Waals surface area contributed by atoms with Gasteiger partial charge in [0.1, 0.15) is 5.76 Å². The first-order valence-corrected chi connectivity index (χ1v) is 5.60. The fourth-order valence-corrected chi connectivity index (χ4v) is 1.29. The molecule has 0 saturated carbocycles. The normalized spacial score (nSPS) is 10.2. The van der Waals surface area contributed by atoms with E-state index in [9.17, 15) is 0 Å². The van der Waals surface area contributed by atoms with Gasteiger partial charge in [-0.05, 0) is 18.6 Å². The van der Waals surface area contributed by atoms with Crippen LogP contribution in [0.5, 0.6) is 5.88 Å². The average molecular weight is 233 g/mol. The molecule has 0 radical (unpaired) electrons. The van der Waals surface area contributed by atoms with Crippen molar-refractivity contribution in [2.45, 2.75) is 19.9 Å². The molecule has 0 fully saturated rings. The molecule has 0 atom stereocenters. The molecule has 0 bridgehead atoms. The minimum Gasteiger partial charge on any atom is -0.478 e. The lowest BCUT2D eigenvalue weighted by molar-refractivity contribution is 0.305. The van der Waals surface area contributed by atoms with E-state index in [0.717, 1.165) is 12.2 Å². The summed E-state index contributed by atoms with van der Waals surface area (Å²) in [6.45, 7) is 3.27. The first kappa shape index (κ1) is 11.4. The highest BCUT2D eigenvalue weighted by molar-refractivity contribution is 5.28. The minimum atomic E-state index is 0.537. The van der Waals surface area contributed by atoms with Crippen LogP contribution in [0, 0.1) is 0 Å². The predicted molar refractivity (Wildman–Crippen MR) is 63.9 cm³/mol. The lowest BCUT2D eigenvalue weighted by Crippen LogP contribution is -2.04. The molecular weight excluding hydrogens is 218 g/mol. The van der Waals surface area contributed by atoms with E-state index < -0.39 is 0 Å². The van der Waals surface area contributed by atoms with Crippen molar-refractivity contribution in [3.63, 3.8) is 0 Å². The van der Waals surface area contributed by atoms with Crippen molar-refractivity contribution in [1.82, 2.24) is 9.97 Å². The van der Waals surface area contributed by atoms with E-state index in [1.165, 1.54) is 0 Å². The summed E-state index contributed by atoms with van der Waals surface area (Å²) in [4.78, 5) is 8.33. The maximum Gasteiger partial charge on any atom is 0.226 e. The summed E-state index contributed by atoms with van der Waals surface area (Å²) in [5.41, 5.74) is 0. The van der Waals surface area contributed by atoms with Crippen molar-refractivity contribution >= 4 is 5.95 Å². The van der Waals surface area contributed by atoms with Crippen molar-refractivity contribution in [2.24, 2.45) is 0 Å². The minimum absolute atomic E-state index is 0.537. The van der Waals surface area contributed by atoms with E-state index >= 15 is 0 Å². The van der Waals surface area contributed by atoms with E-state index in [1.54, 1.807) is 18.5 Å². The monoisotopic (exact) mass is 233 g/mol. The second-order valence-corrected chi connectivity index (χ2v) is 3.50. The lowest BCUT2D eigenvalue weighted by Gasteiger charge is -2.06. The first-order valence-electron chi connectivity index (χ1n) is 5.60. The molecule has 0 saturated heterocycles. The van der Waals surface area contributed by atoms with Crippen molar-refractivity contribution < 1.29 is 9.15 Å². The zero-order valence-electron chi connectivity index (χ0n) is 9.72. The quantitative estimate of drug-likeness (QED) is 0.830. The Bertz CT molecular complexity index is 443. The molecule has 0 spiro atoms. The van der Waals surface area contributed by atoms with Crippen LogP contribution >= 0.6 is 0 Å². The molecule has 0 aromatic carbocycles. The smallest absolute Gasteiger partial charge is 0.226 e. The Balaban J connectivity index is 1.91. The number of hydrogen-bond acceptors (Lipinski definition) is 5. The van der Waals surface area contributed by atoms with Gasteiger partial charge < -0.3 is 14.5 Å². The molecule has 0 aliphatic rings. The predicted octanol–water partition coefficient (Wildman–Crippen LogP) is 2.47. The van der Waals surface area contributed by atoms with Gasteiger partial charge in [0.15, 0.2) is 0 Å². The van der Waals surface area contributed by atoms with Crippen molar-refractivity contribution in [3.05, 3.63) is 36.4 Å². The van der Waals surface area contributed by atoms with Gasteiger partial charge in [0.25, 0.3) is 0 Å². The second-order valence-electron chi connectivity index (χ2n) is 3.50. The van der Waals surface area contributed by atoms with Crippen LogP contribution in [0.1, 0.15) is 19.1 Å². The van der Waals surface area contributed by atoms with E-state index in [-0.39, 0.29) is 0 Å². The van der Waals surface area contributed by atoms with Gasteiger partial charge in [-0.2, -0.15) is 4.98 Å². The third-order valence-electron chi connectivity index (χ3n) is 2.08. The number of ether oxygens (including phenoxy) is 1. The Morgan fingerprint density at radius 3 is 3.12 bits per heavy atom. The van der Waals surface area contributed by atoms with Gasteiger partial charge >= 0.3 is 0 Å². The Morgan fingerprint density at radius 1 is 1.41 bits per heavy atom. The molecule has 17 heavy (non-hydrogen) atoms. The molecule has 1 N–H and O–H groups in total. The standard InChI is InChI=1S/C12H15N3O2/c1-2-7-17-11-5-6-13-12(15-11)14-9-10-4-3-8-16-10/h3-6,8H,2,7,9H2,1H3,(H,13,14,15). The largest absolute Gasteiger partial charge is 0.478 e. The van der Waals surface area contributed by atoms with Crippen LogP contribution in [-0.2, 0) is 6.54 Å². The van der Waals surface area contributed by atoms with Gasteiger partial charge in [0.05, 0.1) is 19.4 Å². The molecule has 90 valence electrons. The van der Waals surface area contributed by atoms with E-state index in [2.05, 4.69) is 22.2 Å². The van der Waals surface area contributed by atoms with Gasteiger partial charge in [0, 0.05) is 12.3 Å². The Morgan fingerprint density at radius 2 is 2.35 bits per heavy atom. The molecule has 2 aromatic heterocycles. The third-order valence-corrected chi connectivity index (χ3v) is 2.08. The van der Waals surface area contributed by atoms with Crippen LogP contribution in [0.3, 0.4) is 0 Å². The molecular formula is C12H15N3O2. The Hall–Kier alpha value is -2.04. The molecule has 0 amide bonds. The maximum absolute atomic E-state index is 5.42. The number of furan rings is 1. The second kappa shape index (κ2) is 5.89. The van der Waals surface area contributed by atoms with Crippen LogP contribution in [0.15, 0.2) is 35.1 Å². The summed E-state index contributed by atoms with van der Waals surface area (Å²) in [7, 11) is 0. The number of anilines is 1. The fourth-order valence-electron chi connectivity index (χ4n) is 1.29. The van der Waals surface area contributed by atoms with Crippen LogP contribution in [-0.4, -0.2) is 16.6 Å². The lowest BCUT2D eigenvalue weighted by atomic mass is 10.4. The van der Waals surface area contributed by atoms with Crippen LogP contribution in [0.4, 0.5) is 5.95 Å². The topological polar surface area (TPSA) is 60.2 Å². The maximum atomic E-state index is 5.42. The average Bonchev–Trinajstić information content (AvgIpc) is 2.87. The van der Waals surface area contributed by atoms with Gasteiger partial charge in [-0.3, -0.25) is 0 Å². The molecule has 0 unspecified atom stereocenters. The van der Waals surface area contributed by atoms with Crippen molar-refractivity contribution in [3.8, 4) is 5.88 Å². The van der Waals surface area contributed by atoms with Crippen molar-refractivity contribution in [1.29, 1.82) is 0 Å². The third kappa shape index (κ3) is 3.48. The summed E-state index contributed by atoms with van der Waals surface area (Å²) >= 11 is 0. The van der Waals surface area contributed by atoms with E-state index in [1.807, 2.05) is 12.1 Å². The summed E-state index contributed by atoms with van der Waals surface area (Å²) in [6.07, 6.45) is 4.26. The van der Waals surface area contributed by atoms with Gasteiger partial charge in [0.2, 0.25) is 11.8 Å². The van der Waals surface area contributed by atoms with E-state index in [0.29, 0.717) is 25.0 Å². The zero-order chi connectivity index (χ0) is 11.9. The Labute approximate surface area is 99.8 Å². The number of nitrogens with zero attached hydrogens (tertiary/aromatic N) is 2. The Kier molecular flexibility index (Phi) is 3.96. The van der Waals surface area contributed by atoms with Crippen LogP contribution in [0.25, 0.3) is 0 Å². The molecule has 2 rings (SSSR count). The number of nitrogens with one attached hydrogen (secondary N) is 1. The summed E-state index contributed by atoms with van der Waals surface area (Å²) in [5, 5.41) is 3.07. The number of rotatable bonds is 6. The first-order chi connectivity index (χ1) is 8.38. The SMILES string of the molecule is CCCOc1ccnc(NCc2ccco2)n1. The molecule has 2 aromatic rings. The fraction of sp³-hybridized carbons (Fsp3) is 0.333. The molecule has 5 nitrogen and oxygen atoms in total. The van der Waals surface area contributed by atoms with Gasteiger partial charge in [-0.15, -0.1) is 0 Å². The highest BCUT2D eigenvalue weighted by atomic mass is 16.5. The van der Waals surface area contributed by atoms with Gasteiger partial charge in [-0.25, -0.2) is 4.98 Å². The molecule has 0 aliphatic heterocycles. The highest BCUT2D eigenvalue weighted by Gasteiger charge is 2.01.